The van der Waals surface area contributed by atoms with Crippen LogP contribution in [0, 0.1) is 6.92 Å². The van der Waals surface area contributed by atoms with Crippen molar-refractivity contribution in [2.45, 2.75) is 26.3 Å². The number of carbonyl (C=O) groups excluding carboxylic acids is 3. The van der Waals surface area contributed by atoms with E-state index in [9.17, 15) is 19.5 Å². The lowest BCUT2D eigenvalue weighted by Crippen LogP contribution is -2.29. The maximum atomic E-state index is 13.3. The smallest absolute Gasteiger partial charge is 0.310 e. The summed E-state index contributed by atoms with van der Waals surface area (Å²) in [6, 6.07) is 20.2. The number of hydrogen-bond donors (Lipinski definition) is 1. The molecule has 1 N–H and O–H groups in total. The van der Waals surface area contributed by atoms with Gasteiger partial charge in [-0.3, -0.25) is 19.3 Å². The fraction of sp³-hybridized carbons (Fsp3) is 0.207. The third-order valence-electron chi connectivity index (χ3n) is 6.01. The number of hydrogen-bond acceptors (Lipinski definition) is 6. The third-order valence-corrected chi connectivity index (χ3v) is 6.01. The molecule has 1 heterocycles. The molecule has 0 saturated carbocycles. The first kappa shape index (κ1) is 24.7. The summed E-state index contributed by atoms with van der Waals surface area (Å²) < 4.78 is 10.3. The van der Waals surface area contributed by atoms with Gasteiger partial charge in [-0.2, -0.15) is 0 Å². The number of rotatable bonds is 7. The van der Waals surface area contributed by atoms with E-state index in [-0.39, 0.29) is 23.7 Å². The quantitative estimate of drug-likeness (QED) is 0.225. The van der Waals surface area contributed by atoms with Crippen molar-refractivity contribution in [3.05, 3.63) is 101 Å². The molecule has 184 valence electrons. The van der Waals surface area contributed by atoms with Crippen LogP contribution in [0.15, 0.2) is 78.4 Å². The van der Waals surface area contributed by atoms with Crippen molar-refractivity contribution < 1.29 is 29.0 Å². The first-order valence-corrected chi connectivity index (χ1v) is 11.6. The summed E-state index contributed by atoms with van der Waals surface area (Å²) in [4.78, 5) is 39.9. The van der Waals surface area contributed by atoms with E-state index in [1.807, 2.05) is 31.2 Å². The zero-order chi connectivity index (χ0) is 25.8. The van der Waals surface area contributed by atoms with Crippen LogP contribution in [0.2, 0.25) is 0 Å². The molecule has 3 aromatic carbocycles. The molecule has 4 rings (SSSR count). The van der Waals surface area contributed by atoms with Gasteiger partial charge in [-0.15, -0.1) is 0 Å². The van der Waals surface area contributed by atoms with E-state index in [1.165, 1.54) is 12.0 Å². The summed E-state index contributed by atoms with van der Waals surface area (Å²) in [7, 11) is 1.51. The Balaban J connectivity index is 1.82. The zero-order valence-corrected chi connectivity index (χ0v) is 20.4. The van der Waals surface area contributed by atoms with Gasteiger partial charge in [0, 0.05) is 11.3 Å². The first-order valence-electron chi connectivity index (χ1n) is 11.6. The highest BCUT2D eigenvalue weighted by molar-refractivity contribution is 6.51. The van der Waals surface area contributed by atoms with Crippen LogP contribution in [0.5, 0.6) is 5.75 Å². The number of Topliss-reactive ketones (excluding diaryl/α,β-unsaturated/α-hetero) is 1. The summed E-state index contributed by atoms with van der Waals surface area (Å²) >= 11 is 0. The van der Waals surface area contributed by atoms with Crippen LogP contribution in [0.3, 0.4) is 0 Å². The number of ketones is 1. The molecule has 1 atom stereocenters. The Hall–Kier alpha value is -4.39. The number of amides is 1. The van der Waals surface area contributed by atoms with Gasteiger partial charge in [0.2, 0.25) is 0 Å². The standard InChI is InChI=1S/C29H27NO6/c1-4-36-24(31)16-19-11-13-22(14-12-19)30-26(20-8-5-7-18(2)15-20)25(28(33)29(30)34)27(32)21-9-6-10-23(17-21)35-3/h5-15,17,26,32H,4,16H2,1-3H3/b27-25-. The molecule has 7 heteroatoms. The Morgan fingerprint density at radius 1 is 1.00 bits per heavy atom. The van der Waals surface area contributed by atoms with Crippen molar-refractivity contribution in [2.75, 3.05) is 18.6 Å². The molecule has 1 amide bonds. The summed E-state index contributed by atoms with van der Waals surface area (Å²) in [5.74, 6) is -1.64. The number of ether oxygens (including phenoxy) is 2. The Labute approximate surface area is 209 Å². The predicted molar refractivity (Wildman–Crippen MR) is 136 cm³/mol. The van der Waals surface area contributed by atoms with Gasteiger partial charge in [-0.1, -0.05) is 54.1 Å². The van der Waals surface area contributed by atoms with Gasteiger partial charge < -0.3 is 14.6 Å². The van der Waals surface area contributed by atoms with E-state index in [0.717, 1.165) is 11.1 Å². The van der Waals surface area contributed by atoms with E-state index in [2.05, 4.69) is 0 Å². The molecule has 3 aromatic rings. The summed E-state index contributed by atoms with van der Waals surface area (Å²) in [5.41, 5.74) is 3.20. The average Bonchev–Trinajstić information content (AvgIpc) is 3.14. The largest absolute Gasteiger partial charge is 0.507 e. The molecular formula is C29H27NO6. The second-order valence-electron chi connectivity index (χ2n) is 8.46. The van der Waals surface area contributed by atoms with E-state index < -0.39 is 17.7 Å². The Morgan fingerprint density at radius 2 is 1.72 bits per heavy atom. The minimum absolute atomic E-state index is 0.00514. The molecule has 1 aliphatic heterocycles. The van der Waals surface area contributed by atoms with Crippen LogP contribution in [0.1, 0.15) is 35.2 Å². The molecule has 1 aliphatic rings. The summed E-state index contributed by atoms with van der Waals surface area (Å²) in [5, 5.41) is 11.3. The second kappa shape index (κ2) is 10.5. The number of aliphatic hydroxyl groups is 1. The number of methoxy groups -OCH3 is 1. The molecule has 0 aromatic heterocycles. The fourth-order valence-corrected chi connectivity index (χ4v) is 4.33. The Bertz CT molecular complexity index is 1340. The van der Waals surface area contributed by atoms with Gasteiger partial charge in [0.15, 0.2) is 0 Å². The van der Waals surface area contributed by atoms with Crippen LogP contribution in [-0.4, -0.2) is 36.5 Å². The summed E-state index contributed by atoms with van der Waals surface area (Å²) in [6.07, 6.45) is 0.101. The normalized spacial score (nSPS) is 16.8. The molecular weight excluding hydrogens is 458 g/mol. The molecule has 7 nitrogen and oxygen atoms in total. The third kappa shape index (κ3) is 4.86. The van der Waals surface area contributed by atoms with Gasteiger partial charge in [0.05, 0.1) is 31.8 Å². The molecule has 1 unspecified atom stereocenters. The molecule has 1 fully saturated rings. The fourth-order valence-electron chi connectivity index (χ4n) is 4.33. The first-order chi connectivity index (χ1) is 17.3. The van der Waals surface area contributed by atoms with Crippen molar-refractivity contribution in [1.29, 1.82) is 0 Å². The van der Waals surface area contributed by atoms with E-state index >= 15 is 0 Å². The monoisotopic (exact) mass is 485 g/mol. The van der Waals surface area contributed by atoms with Crippen molar-refractivity contribution in [2.24, 2.45) is 0 Å². The van der Waals surface area contributed by atoms with Gasteiger partial charge in [-0.05, 0) is 49.2 Å². The van der Waals surface area contributed by atoms with E-state index in [1.54, 1.807) is 55.5 Å². The van der Waals surface area contributed by atoms with Gasteiger partial charge in [0.25, 0.3) is 11.7 Å². The van der Waals surface area contributed by atoms with Crippen molar-refractivity contribution >= 4 is 29.1 Å². The van der Waals surface area contributed by atoms with Crippen LogP contribution in [-0.2, 0) is 25.5 Å². The van der Waals surface area contributed by atoms with Crippen LogP contribution in [0.25, 0.3) is 5.76 Å². The number of benzene rings is 3. The number of carbonyl (C=O) groups is 3. The van der Waals surface area contributed by atoms with Crippen molar-refractivity contribution in [3.63, 3.8) is 0 Å². The lowest BCUT2D eigenvalue weighted by atomic mass is 9.94. The summed E-state index contributed by atoms with van der Waals surface area (Å²) in [6.45, 7) is 3.96. The SMILES string of the molecule is CCOC(=O)Cc1ccc(N2C(=O)C(=O)/C(=C(\O)c3cccc(OC)c3)C2c2cccc(C)c2)cc1. The Kier molecular flexibility index (Phi) is 7.20. The Morgan fingerprint density at radius 3 is 2.39 bits per heavy atom. The second-order valence-corrected chi connectivity index (χ2v) is 8.46. The van der Waals surface area contributed by atoms with Crippen LogP contribution in [0.4, 0.5) is 5.69 Å². The van der Waals surface area contributed by atoms with Crippen molar-refractivity contribution in [1.82, 2.24) is 0 Å². The average molecular weight is 486 g/mol. The lowest BCUT2D eigenvalue weighted by molar-refractivity contribution is -0.142. The number of anilines is 1. The van der Waals surface area contributed by atoms with Crippen LogP contribution < -0.4 is 9.64 Å². The topological polar surface area (TPSA) is 93.1 Å². The number of esters is 1. The molecule has 1 saturated heterocycles. The zero-order valence-electron chi connectivity index (χ0n) is 20.4. The highest BCUT2D eigenvalue weighted by atomic mass is 16.5. The molecule has 0 bridgehead atoms. The van der Waals surface area contributed by atoms with Gasteiger partial charge in [-0.25, -0.2) is 0 Å². The number of aryl methyl sites for hydroxylation is 1. The highest BCUT2D eigenvalue weighted by Gasteiger charge is 2.47. The highest BCUT2D eigenvalue weighted by Crippen LogP contribution is 2.42. The maximum Gasteiger partial charge on any atom is 0.310 e. The van der Waals surface area contributed by atoms with E-state index in [0.29, 0.717) is 29.2 Å². The maximum absolute atomic E-state index is 13.3. The molecule has 0 radical (unpaired) electrons. The van der Waals surface area contributed by atoms with Crippen molar-refractivity contribution in [3.8, 4) is 5.75 Å². The van der Waals surface area contributed by atoms with Gasteiger partial charge in [0.1, 0.15) is 11.5 Å². The number of aliphatic hydroxyl groups excluding tert-OH is 1. The molecule has 0 aliphatic carbocycles. The molecule has 36 heavy (non-hydrogen) atoms. The lowest BCUT2D eigenvalue weighted by Gasteiger charge is -2.26. The minimum Gasteiger partial charge on any atom is -0.507 e. The number of nitrogens with zero attached hydrogens (tertiary/aromatic N) is 1. The van der Waals surface area contributed by atoms with E-state index in [4.69, 9.17) is 9.47 Å². The van der Waals surface area contributed by atoms with Gasteiger partial charge >= 0.3 is 5.97 Å². The van der Waals surface area contributed by atoms with Crippen LogP contribution >= 0.6 is 0 Å². The molecule has 0 spiro atoms. The predicted octanol–water partition coefficient (Wildman–Crippen LogP) is 4.74. The minimum atomic E-state index is -0.841.